The summed E-state index contributed by atoms with van der Waals surface area (Å²) in [6.07, 6.45) is 6.07. The zero-order valence-corrected chi connectivity index (χ0v) is 18.4. The summed E-state index contributed by atoms with van der Waals surface area (Å²) in [5.41, 5.74) is 0.839. The fourth-order valence-electron chi connectivity index (χ4n) is 2.79. The number of rotatable bonds is 12. The van der Waals surface area contributed by atoms with E-state index in [0.29, 0.717) is 40.3 Å². The van der Waals surface area contributed by atoms with E-state index < -0.39 is 5.97 Å². The highest BCUT2D eigenvalue weighted by Crippen LogP contribution is 2.35. The van der Waals surface area contributed by atoms with Gasteiger partial charge in [0.2, 0.25) is 0 Å². The number of hydrogen-bond acceptors (Lipinski definition) is 6. The number of carboxylic acids is 1. The first-order chi connectivity index (χ1) is 14.0. The van der Waals surface area contributed by atoms with Gasteiger partial charge in [-0.05, 0) is 43.0 Å². The predicted octanol–water partition coefficient (Wildman–Crippen LogP) is 4.72. The summed E-state index contributed by atoms with van der Waals surface area (Å²) in [6, 6.07) is 5.59. The van der Waals surface area contributed by atoms with Gasteiger partial charge in [0.1, 0.15) is 4.32 Å². The van der Waals surface area contributed by atoms with Gasteiger partial charge in [0.25, 0.3) is 5.91 Å². The van der Waals surface area contributed by atoms with Gasteiger partial charge in [-0.3, -0.25) is 14.5 Å². The van der Waals surface area contributed by atoms with E-state index in [9.17, 15) is 9.59 Å². The number of nitrogens with zero attached hydrogens (tertiary/aromatic N) is 1. The fraction of sp³-hybridized carbons (Fsp3) is 0.476. The van der Waals surface area contributed by atoms with Crippen molar-refractivity contribution in [3.63, 3.8) is 0 Å². The molecule has 2 rings (SSSR count). The minimum atomic E-state index is -0.796. The van der Waals surface area contributed by atoms with Gasteiger partial charge in [0, 0.05) is 13.0 Å². The van der Waals surface area contributed by atoms with Crippen LogP contribution in [-0.4, -0.2) is 46.5 Å². The number of carbonyl (C=O) groups excluding carboxylic acids is 1. The van der Waals surface area contributed by atoms with Crippen LogP contribution in [0.15, 0.2) is 23.1 Å². The predicted molar refractivity (Wildman–Crippen MR) is 119 cm³/mol. The van der Waals surface area contributed by atoms with Gasteiger partial charge in [-0.15, -0.1) is 0 Å². The Hall–Kier alpha value is -2.06. The Morgan fingerprint density at radius 2 is 2.03 bits per heavy atom. The van der Waals surface area contributed by atoms with Crippen LogP contribution in [0, 0.1) is 0 Å². The highest BCUT2D eigenvalue weighted by atomic mass is 32.2. The molecule has 0 atom stereocenters. The van der Waals surface area contributed by atoms with E-state index in [1.54, 1.807) is 12.0 Å². The van der Waals surface area contributed by atoms with Crippen LogP contribution in [0.25, 0.3) is 6.08 Å². The number of amides is 1. The van der Waals surface area contributed by atoms with Crippen LogP contribution in [0.1, 0.15) is 51.0 Å². The topological polar surface area (TPSA) is 76.1 Å². The molecule has 1 aromatic rings. The van der Waals surface area contributed by atoms with Gasteiger partial charge in [-0.2, -0.15) is 0 Å². The van der Waals surface area contributed by atoms with E-state index in [1.807, 2.05) is 24.3 Å². The molecule has 6 nitrogen and oxygen atoms in total. The van der Waals surface area contributed by atoms with Crippen LogP contribution >= 0.6 is 24.0 Å². The molecule has 0 aromatic heterocycles. The molecule has 1 aromatic carbocycles. The largest absolute Gasteiger partial charge is 0.493 e. The molecule has 29 heavy (non-hydrogen) atoms. The van der Waals surface area contributed by atoms with Crippen LogP contribution in [0.4, 0.5) is 0 Å². The van der Waals surface area contributed by atoms with Gasteiger partial charge >= 0.3 is 5.97 Å². The zero-order valence-electron chi connectivity index (χ0n) is 16.8. The second-order valence-electron chi connectivity index (χ2n) is 6.65. The number of aliphatic carboxylic acids is 1. The molecule has 1 aliphatic rings. The van der Waals surface area contributed by atoms with Gasteiger partial charge in [-0.25, -0.2) is 0 Å². The number of ether oxygens (including phenoxy) is 2. The highest BCUT2D eigenvalue weighted by Gasteiger charge is 2.31. The van der Waals surface area contributed by atoms with E-state index >= 15 is 0 Å². The average Bonchev–Trinajstić information content (AvgIpc) is 2.95. The third kappa shape index (κ3) is 7.04. The van der Waals surface area contributed by atoms with E-state index in [-0.39, 0.29) is 12.3 Å². The Morgan fingerprint density at radius 1 is 1.24 bits per heavy atom. The molecule has 8 heteroatoms. The smallest absolute Gasteiger partial charge is 0.303 e. The van der Waals surface area contributed by atoms with Crippen molar-refractivity contribution in [3.05, 3.63) is 28.7 Å². The van der Waals surface area contributed by atoms with Crippen LogP contribution in [0.2, 0.25) is 0 Å². The lowest BCUT2D eigenvalue weighted by Crippen LogP contribution is -2.29. The molecule has 0 aliphatic carbocycles. The maximum absolute atomic E-state index is 12.7. The Balaban J connectivity index is 2.00. The lowest BCUT2D eigenvalue weighted by atomic mass is 10.1. The summed E-state index contributed by atoms with van der Waals surface area (Å²) in [4.78, 5) is 25.4. The number of benzene rings is 1. The molecular weight excluding hydrogens is 410 g/mol. The Labute approximate surface area is 181 Å². The molecule has 1 fully saturated rings. The van der Waals surface area contributed by atoms with Crippen molar-refractivity contribution in [1.82, 2.24) is 4.90 Å². The maximum atomic E-state index is 12.7. The van der Waals surface area contributed by atoms with Gasteiger partial charge in [0.05, 0.1) is 18.6 Å². The number of carbonyl (C=O) groups is 2. The summed E-state index contributed by atoms with van der Waals surface area (Å²) in [6.45, 7) is 3.25. The lowest BCUT2D eigenvalue weighted by molar-refractivity contribution is -0.137. The van der Waals surface area contributed by atoms with Gasteiger partial charge in [-0.1, -0.05) is 49.8 Å². The minimum Gasteiger partial charge on any atom is -0.493 e. The number of thiocarbonyl (C=S) groups is 1. The van der Waals surface area contributed by atoms with E-state index in [1.165, 1.54) is 11.8 Å². The Morgan fingerprint density at radius 3 is 2.72 bits per heavy atom. The third-order valence-corrected chi connectivity index (χ3v) is 5.76. The first-order valence-electron chi connectivity index (χ1n) is 9.74. The first-order valence-corrected chi connectivity index (χ1v) is 11.0. The van der Waals surface area contributed by atoms with Gasteiger partial charge in [0.15, 0.2) is 11.5 Å². The molecule has 0 radical (unpaired) electrons. The van der Waals surface area contributed by atoms with Crippen LogP contribution < -0.4 is 9.47 Å². The van der Waals surface area contributed by atoms with Crippen molar-refractivity contribution in [1.29, 1.82) is 0 Å². The van der Waals surface area contributed by atoms with E-state index in [4.69, 9.17) is 26.8 Å². The number of carboxylic acid groups (broad SMARTS) is 1. The molecule has 1 aliphatic heterocycles. The highest BCUT2D eigenvalue weighted by molar-refractivity contribution is 8.26. The third-order valence-electron chi connectivity index (χ3n) is 4.39. The first kappa shape index (κ1) is 23.2. The number of thioether (sulfide) groups is 1. The molecular formula is C21H27NO5S2. The van der Waals surface area contributed by atoms with Crippen molar-refractivity contribution < 1.29 is 24.2 Å². The van der Waals surface area contributed by atoms with Crippen LogP contribution in [0.5, 0.6) is 11.5 Å². The quantitative estimate of drug-likeness (QED) is 0.288. The van der Waals surface area contributed by atoms with Crippen molar-refractivity contribution in [2.75, 3.05) is 20.3 Å². The summed E-state index contributed by atoms with van der Waals surface area (Å²) in [7, 11) is 1.59. The summed E-state index contributed by atoms with van der Waals surface area (Å²) < 4.78 is 11.7. The maximum Gasteiger partial charge on any atom is 0.303 e. The van der Waals surface area contributed by atoms with E-state index in [2.05, 4.69) is 6.92 Å². The SMILES string of the molecule is CCCCOc1ccc(/C=C2/SC(=S)N(CCCCCC(=O)O)C2=O)cc1OC. The van der Waals surface area contributed by atoms with Crippen LogP contribution in [-0.2, 0) is 9.59 Å². The van der Waals surface area contributed by atoms with Crippen molar-refractivity contribution in [2.24, 2.45) is 0 Å². The molecule has 1 heterocycles. The number of hydrogen-bond donors (Lipinski definition) is 1. The average molecular weight is 438 g/mol. The standard InChI is InChI=1S/C21H27NO5S2/c1-3-4-12-27-16-10-9-15(13-17(16)26-2)14-18-20(25)22(21(28)29-18)11-7-5-6-8-19(23)24/h9-10,13-14H,3-8,11-12H2,1-2H3,(H,23,24)/b18-14+. The Bertz CT molecular complexity index is 778. The minimum absolute atomic E-state index is 0.111. The van der Waals surface area contributed by atoms with E-state index in [0.717, 1.165) is 31.2 Å². The van der Waals surface area contributed by atoms with Crippen molar-refractivity contribution in [2.45, 2.75) is 45.4 Å². The lowest BCUT2D eigenvalue weighted by Gasteiger charge is -2.13. The second-order valence-corrected chi connectivity index (χ2v) is 8.33. The second kappa shape index (κ2) is 11.8. The summed E-state index contributed by atoms with van der Waals surface area (Å²) in [5, 5.41) is 8.68. The molecule has 0 bridgehead atoms. The van der Waals surface area contributed by atoms with Crippen LogP contribution in [0.3, 0.4) is 0 Å². The molecule has 0 spiro atoms. The van der Waals surface area contributed by atoms with Gasteiger partial charge < -0.3 is 14.6 Å². The molecule has 0 saturated carbocycles. The Kier molecular flexibility index (Phi) is 9.47. The van der Waals surface area contributed by atoms with Crippen molar-refractivity contribution in [3.8, 4) is 11.5 Å². The number of unbranched alkanes of at least 4 members (excludes halogenated alkanes) is 3. The molecule has 1 N–H and O–H groups in total. The monoisotopic (exact) mass is 437 g/mol. The van der Waals surface area contributed by atoms with Crippen molar-refractivity contribution >= 4 is 46.3 Å². The summed E-state index contributed by atoms with van der Waals surface area (Å²) >= 11 is 6.63. The molecule has 1 amide bonds. The molecule has 158 valence electrons. The fourth-order valence-corrected chi connectivity index (χ4v) is 4.10. The molecule has 1 saturated heterocycles. The summed E-state index contributed by atoms with van der Waals surface area (Å²) in [5.74, 6) is 0.409. The number of methoxy groups -OCH3 is 1. The zero-order chi connectivity index (χ0) is 21.2. The molecule has 0 unspecified atom stereocenters. The normalized spacial score (nSPS) is 15.2.